The summed E-state index contributed by atoms with van der Waals surface area (Å²) in [5.74, 6) is -0.579. The summed E-state index contributed by atoms with van der Waals surface area (Å²) in [5.41, 5.74) is 1.74. The minimum Gasteiger partial charge on any atom is -0.384 e. The number of nitrogens with one attached hydrogen (secondary N) is 1. The smallest absolute Gasteiger partial charge is 0.147 e. The molecule has 3 aromatic rings. The number of aromatic nitrogens is 1. The van der Waals surface area contributed by atoms with Crippen LogP contribution in [0.2, 0.25) is 5.02 Å². The molecule has 2 N–H and O–H groups in total. The summed E-state index contributed by atoms with van der Waals surface area (Å²) in [6, 6.07) is 12.0. The predicted octanol–water partition coefficient (Wildman–Crippen LogP) is 4.04. The van der Waals surface area contributed by atoms with E-state index in [9.17, 15) is 9.50 Å². The van der Waals surface area contributed by atoms with E-state index in [0.717, 1.165) is 10.9 Å². The van der Waals surface area contributed by atoms with Crippen LogP contribution in [0.5, 0.6) is 0 Å². The largest absolute Gasteiger partial charge is 0.384 e. The molecule has 19 heavy (non-hydrogen) atoms. The van der Waals surface area contributed by atoms with Crippen LogP contribution in [0.3, 0.4) is 0 Å². The zero-order chi connectivity index (χ0) is 13.4. The third-order valence-electron chi connectivity index (χ3n) is 3.20. The van der Waals surface area contributed by atoms with Gasteiger partial charge in [0, 0.05) is 22.7 Å². The van der Waals surface area contributed by atoms with E-state index in [0.29, 0.717) is 5.56 Å². The predicted molar refractivity (Wildman–Crippen MR) is 73.8 cm³/mol. The first-order valence-electron chi connectivity index (χ1n) is 5.86. The number of aliphatic hydroxyl groups excluding tert-OH is 1. The maximum atomic E-state index is 14.0. The number of hydrogen-bond acceptors (Lipinski definition) is 1. The number of rotatable bonds is 2. The highest BCUT2D eigenvalue weighted by atomic mass is 35.5. The van der Waals surface area contributed by atoms with E-state index in [4.69, 9.17) is 11.6 Å². The highest BCUT2D eigenvalue weighted by Gasteiger charge is 2.18. The Labute approximate surface area is 114 Å². The molecule has 1 unspecified atom stereocenters. The van der Waals surface area contributed by atoms with E-state index in [1.54, 1.807) is 18.3 Å². The van der Waals surface area contributed by atoms with E-state index >= 15 is 0 Å². The molecule has 96 valence electrons. The molecule has 1 aromatic heterocycles. The molecule has 0 saturated heterocycles. The second-order valence-corrected chi connectivity index (χ2v) is 4.74. The van der Waals surface area contributed by atoms with Crippen LogP contribution in [0.15, 0.2) is 48.7 Å². The molecule has 0 aliphatic heterocycles. The molecule has 0 aliphatic rings. The van der Waals surface area contributed by atoms with E-state index < -0.39 is 11.9 Å². The van der Waals surface area contributed by atoms with Gasteiger partial charge in [0.25, 0.3) is 0 Å². The van der Waals surface area contributed by atoms with Crippen molar-refractivity contribution in [3.63, 3.8) is 0 Å². The first-order valence-corrected chi connectivity index (χ1v) is 6.24. The topological polar surface area (TPSA) is 36.0 Å². The highest BCUT2D eigenvalue weighted by molar-refractivity contribution is 6.30. The van der Waals surface area contributed by atoms with Crippen LogP contribution in [0, 0.1) is 5.82 Å². The first kappa shape index (κ1) is 12.2. The molecule has 0 saturated carbocycles. The first-order chi connectivity index (χ1) is 9.18. The summed E-state index contributed by atoms with van der Waals surface area (Å²) in [6.45, 7) is 0. The molecule has 0 radical (unpaired) electrons. The lowest BCUT2D eigenvalue weighted by Crippen LogP contribution is -2.03. The Bertz CT molecular complexity index is 738. The molecule has 0 spiro atoms. The maximum absolute atomic E-state index is 14.0. The summed E-state index contributed by atoms with van der Waals surface area (Å²) in [6.07, 6.45) is 0.744. The lowest BCUT2D eigenvalue weighted by Gasteiger charge is -2.14. The fourth-order valence-corrected chi connectivity index (χ4v) is 2.43. The summed E-state index contributed by atoms with van der Waals surface area (Å²) in [4.78, 5) is 3.06. The van der Waals surface area contributed by atoms with Gasteiger partial charge in [-0.15, -0.1) is 0 Å². The van der Waals surface area contributed by atoms with Crippen molar-refractivity contribution in [3.8, 4) is 0 Å². The van der Waals surface area contributed by atoms with Gasteiger partial charge in [-0.1, -0.05) is 35.9 Å². The van der Waals surface area contributed by atoms with Crippen molar-refractivity contribution >= 4 is 22.5 Å². The molecule has 3 rings (SSSR count). The molecule has 0 fully saturated rings. The molecule has 0 aliphatic carbocycles. The Morgan fingerprint density at radius 2 is 1.79 bits per heavy atom. The molecule has 1 atom stereocenters. The van der Waals surface area contributed by atoms with Crippen LogP contribution >= 0.6 is 11.6 Å². The van der Waals surface area contributed by atoms with Crippen molar-refractivity contribution in [3.05, 3.63) is 70.6 Å². The molecule has 2 aromatic carbocycles. The fraction of sp³-hybridized carbons (Fsp3) is 0.0667. The van der Waals surface area contributed by atoms with Crippen molar-refractivity contribution in [2.45, 2.75) is 6.10 Å². The summed E-state index contributed by atoms with van der Waals surface area (Å²) < 4.78 is 14.0. The SMILES string of the molecule is OC(c1cccc(Cl)c1F)c1cccc2[nH]ccc12. The van der Waals surface area contributed by atoms with Crippen molar-refractivity contribution in [1.82, 2.24) is 4.98 Å². The third-order valence-corrected chi connectivity index (χ3v) is 3.49. The summed E-state index contributed by atoms with van der Waals surface area (Å²) in [7, 11) is 0. The average molecular weight is 276 g/mol. The van der Waals surface area contributed by atoms with Gasteiger partial charge in [0.05, 0.1) is 5.02 Å². The van der Waals surface area contributed by atoms with Gasteiger partial charge < -0.3 is 10.1 Å². The van der Waals surface area contributed by atoms with Gasteiger partial charge in [0.1, 0.15) is 11.9 Å². The number of fused-ring (bicyclic) bond motifs is 1. The van der Waals surface area contributed by atoms with Crippen LogP contribution in [0.1, 0.15) is 17.2 Å². The Kier molecular flexibility index (Phi) is 3.01. The lowest BCUT2D eigenvalue weighted by atomic mass is 9.98. The highest BCUT2D eigenvalue weighted by Crippen LogP contribution is 2.31. The molecule has 4 heteroatoms. The van der Waals surface area contributed by atoms with E-state index in [1.807, 2.05) is 18.2 Å². The van der Waals surface area contributed by atoms with E-state index in [-0.39, 0.29) is 10.6 Å². The summed E-state index contributed by atoms with van der Waals surface area (Å²) in [5, 5.41) is 11.3. The van der Waals surface area contributed by atoms with Crippen molar-refractivity contribution in [2.24, 2.45) is 0 Å². The Morgan fingerprint density at radius 3 is 2.63 bits per heavy atom. The normalized spacial score (nSPS) is 12.8. The zero-order valence-corrected chi connectivity index (χ0v) is 10.7. The molecule has 2 nitrogen and oxygen atoms in total. The number of benzene rings is 2. The van der Waals surface area contributed by atoms with Crippen molar-refractivity contribution < 1.29 is 9.50 Å². The Balaban J connectivity index is 2.16. The molecular formula is C15H11ClFNO. The van der Waals surface area contributed by atoms with Crippen LogP contribution in [-0.4, -0.2) is 10.1 Å². The number of hydrogen-bond donors (Lipinski definition) is 2. The quantitative estimate of drug-likeness (QED) is 0.727. The Hall–Kier alpha value is -1.84. The second kappa shape index (κ2) is 4.68. The van der Waals surface area contributed by atoms with Gasteiger partial charge in [0.15, 0.2) is 0 Å². The lowest BCUT2D eigenvalue weighted by molar-refractivity contribution is 0.216. The molecular weight excluding hydrogens is 265 g/mol. The monoisotopic (exact) mass is 275 g/mol. The average Bonchev–Trinajstić information content (AvgIpc) is 2.89. The van der Waals surface area contributed by atoms with Crippen molar-refractivity contribution in [1.29, 1.82) is 0 Å². The van der Waals surface area contributed by atoms with Gasteiger partial charge in [-0.25, -0.2) is 4.39 Å². The van der Waals surface area contributed by atoms with Crippen molar-refractivity contribution in [2.75, 3.05) is 0 Å². The van der Waals surface area contributed by atoms with Crippen LogP contribution in [0.25, 0.3) is 10.9 Å². The van der Waals surface area contributed by atoms with Crippen LogP contribution < -0.4 is 0 Å². The molecule has 1 heterocycles. The van der Waals surface area contributed by atoms with Crippen LogP contribution in [-0.2, 0) is 0 Å². The van der Waals surface area contributed by atoms with Gasteiger partial charge in [-0.2, -0.15) is 0 Å². The maximum Gasteiger partial charge on any atom is 0.147 e. The van der Waals surface area contributed by atoms with Gasteiger partial charge >= 0.3 is 0 Å². The minimum absolute atomic E-state index is 0.0118. The standard InChI is InChI=1S/C15H11ClFNO/c16-12-5-1-4-11(14(12)17)15(19)10-3-2-6-13-9(10)7-8-18-13/h1-8,15,18-19H. The summed E-state index contributed by atoms with van der Waals surface area (Å²) >= 11 is 5.75. The van der Waals surface area contributed by atoms with Gasteiger partial charge in [0.2, 0.25) is 0 Å². The van der Waals surface area contributed by atoms with Gasteiger partial charge in [-0.05, 0) is 23.8 Å². The third kappa shape index (κ3) is 2.01. The second-order valence-electron chi connectivity index (χ2n) is 4.33. The van der Waals surface area contributed by atoms with E-state index in [2.05, 4.69) is 4.98 Å². The minimum atomic E-state index is -1.04. The molecule has 0 bridgehead atoms. The molecule has 0 amide bonds. The number of halogens is 2. The number of H-pyrrole nitrogens is 1. The zero-order valence-electron chi connectivity index (χ0n) is 9.90. The van der Waals surface area contributed by atoms with Gasteiger partial charge in [-0.3, -0.25) is 0 Å². The number of aliphatic hydroxyl groups is 1. The van der Waals surface area contributed by atoms with E-state index in [1.165, 1.54) is 12.1 Å². The Morgan fingerprint density at radius 1 is 1.05 bits per heavy atom. The fourth-order valence-electron chi connectivity index (χ4n) is 2.25. The number of aromatic amines is 1. The van der Waals surface area contributed by atoms with Crippen LogP contribution in [0.4, 0.5) is 4.39 Å².